The Hall–Kier alpha value is -2.76. The van der Waals surface area contributed by atoms with E-state index < -0.39 is 23.2 Å². The van der Waals surface area contributed by atoms with Crippen LogP contribution in [-0.4, -0.2) is 49.5 Å². The van der Waals surface area contributed by atoms with E-state index in [1.807, 2.05) is 25.3 Å². The SMILES string of the molecule is Cc1ncc(-c2nc(Nc3ccc(C(=O)O)c(F)c3)ncc2F)n1C(C)C.[LiH]. The molecular formula is C18H18F2LiN5O2. The van der Waals surface area contributed by atoms with Gasteiger partial charge in [0.1, 0.15) is 17.3 Å². The molecule has 0 aliphatic heterocycles. The van der Waals surface area contributed by atoms with Gasteiger partial charge in [0.2, 0.25) is 5.95 Å². The second kappa shape index (κ2) is 8.50. The molecule has 0 atom stereocenters. The van der Waals surface area contributed by atoms with E-state index in [1.165, 1.54) is 12.3 Å². The molecule has 7 nitrogen and oxygen atoms in total. The van der Waals surface area contributed by atoms with Crippen molar-refractivity contribution in [2.24, 2.45) is 0 Å². The van der Waals surface area contributed by atoms with Crippen LogP contribution < -0.4 is 5.32 Å². The Morgan fingerprint density at radius 3 is 2.50 bits per heavy atom. The molecule has 3 rings (SSSR count). The Labute approximate surface area is 172 Å². The van der Waals surface area contributed by atoms with Crippen molar-refractivity contribution < 1.29 is 18.7 Å². The van der Waals surface area contributed by atoms with Gasteiger partial charge in [0.05, 0.1) is 23.7 Å². The number of nitrogens with one attached hydrogen (secondary N) is 1. The summed E-state index contributed by atoms with van der Waals surface area (Å²) >= 11 is 0. The number of hydrogen-bond donors (Lipinski definition) is 2. The van der Waals surface area contributed by atoms with Crippen LogP contribution in [0.5, 0.6) is 0 Å². The minimum atomic E-state index is -1.36. The molecule has 0 bridgehead atoms. The number of nitrogens with zero attached hydrogens (tertiary/aromatic N) is 4. The zero-order chi connectivity index (χ0) is 19.7. The third-order valence-corrected chi connectivity index (χ3v) is 3.94. The second-order valence-corrected chi connectivity index (χ2v) is 6.17. The van der Waals surface area contributed by atoms with Crippen LogP contribution in [0.1, 0.15) is 36.1 Å². The van der Waals surface area contributed by atoms with Crippen LogP contribution in [0.15, 0.2) is 30.6 Å². The Bertz CT molecular complexity index is 1020. The topological polar surface area (TPSA) is 92.9 Å². The van der Waals surface area contributed by atoms with Crippen molar-refractivity contribution in [2.75, 3.05) is 5.32 Å². The third-order valence-electron chi connectivity index (χ3n) is 3.94. The molecule has 2 aromatic heterocycles. The summed E-state index contributed by atoms with van der Waals surface area (Å²) in [6.45, 7) is 5.71. The Kier molecular flexibility index (Phi) is 6.54. The van der Waals surface area contributed by atoms with Crippen molar-refractivity contribution in [1.29, 1.82) is 0 Å². The number of aromatic nitrogens is 4. The molecule has 2 N–H and O–H groups in total. The fourth-order valence-electron chi connectivity index (χ4n) is 2.78. The van der Waals surface area contributed by atoms with Crippen molar-refractivity contribution in [3.63, 3.8) is 0 Å². The summed E-state index contributed by atoms with van der Waals surface area (Å²) < 4.78 is 30.0. The van der Waals surface area contributed by atoms with E-state index in [4.69, 9.17) is 5.11 Å². The predicted octanol–water partition coefficient (Wildman–Crippen LogP) is 3.30. The summed E-state index contributed by atoms with van der Waals surface area (Å²) in [5.41, 5.74) is 0.350. The number of carboxylic acids is 1. The van der Waals surface area contributed by atoms with Gasteiger partial charge in [0.15, 0.2) is 5.82 Å². The molecule has 1 aromatic carbocycles. The van der Waals surface area contributed by atoms with E-state index >= 15 is 0 Å². The number of anilines is 2. The molecule has 28 heavy (non-hydrogen) atoms. The molecule has 0 fully saturated rings. The van der Waals surface area contributed by atoms with Crippen LogP contribution in [0.2, 0.25) is 0 Å². The van der Waals surface area contributed by atoms with Gasteiger partial charge in [0.25, 0.3) is 0 Å². The standard InChI is InChI=1S/C18H17F2N5O2.Li.H/c1-9(2)25-10(3)21-8-15(25)16-14(20)7-22-18(24-16)23-11-4-5-12(17(26)27)13(19)6-11;;/h4-9H,1-3H3,(H,26,27)(H,22,23,24);;. The quantitative estimate of drug-likeness (QED) is 0.659. The Morgan fingerprint density at radius 1 is 1.18 bits per heavy atom. The van der Waals surface area contributed by atoms with Gasteiger partial charge in [-0.25, -0.2) is 28.5 Å². The van der Waals surface area contributed by atoms with Gasteiger partial charge in [-0.3, -0.25) is 0 Å². The molecule has 0 unspecified atom stereocenters. The number of carboxylic acid groups (broad SMARTS) is 1. The molecular weight excluding hydrogens is 363 g/mol. The number of halogens is 2. The molecule has 3 aromatic rings. The molecule has 0 saturated carbocycles. The van der Waals surface area contributed by atoms with E-state index in [9.17, 15) is 13.6 Å². The number of hydrogen-bond acceptors (Lipinski definition) is 5. The van der Waals surface area contributed by atoms with Gasteiger partial charge in [-0.15, -0.1) is 0 Å². The number of aryl methyl sites for hydroxylation is 1. The first kappa shape index (κ1) is 21.5. The zero-order valence-electron chi connectivity index (χ0n) is 14.9. The summed E-state index contributed by atoms with van der Waals surface area (Å²) in [6.07, 6.45) is 2.55. The molecule has 0 aliphatic rings. The Morgan fingerprint density at radius 2 is 1.89 bits per heavy atom. The summed E-state index contributed by atoms with van der Waals surface area (Å²) in [6, 6.07) is 3.56. The van der Waals surface area contributed by atoms with Gasteiger partial charge < -0.3 is 15.0 Å². The van der Waals surface area contributed by atoms with Gasteiger partial charge in [0, 0.05) is 11.7 Å². The molecule has 0 aliphatic carbocycles. The van der Waals surface area contributed by atoms with E-state index in [2.05, 4.69) is 20.3 Å². The number of imidazole rings is 1. The number of carbonyl (C=O) groups is 1. The summed E-state index contributed by atoms with van der Waals surface area (Å²) in [5.74, 6) is -2.11. The van der Waals surface area contributed by atoms with E-state index in [0.29, 0.717) is 5.69 Å². The van der Waals surface area contributed by atoms with Crippen LogP contribution in [0.3, 0.4) is 0 Å². The Balaban J connectivity index is 0.00000280. The predicted molar refractivity (Wildman–Crippen MR) is 102 cm³/mol. The van der Waals surface area contributed by atoms with Gasteiger partial charge in [-0.05, 0) is 39.0 Å². The fraction of sp³-hybridized carbons (Fsp3) is 0.222. The van der Waals surface area contributed by atoms with Crippen molar-refractivity contribution in [3.05, 3.63) is 53.6 Å². The third kappa shape index (κ3) is 4.21. The van der Waals surface area contributed by atoms with E-state index in [1.54, 1.807) is 0 Å². The van der Waals surface area contributed by atoms with E-state index in [-0.39, 0.29) is 42.2 Å². The maximum atomic E-state index is 14.3. The molecule has 142 valence electrons. The van der Waals surface area contributed by atoms with Crippen LogP contribution in [0.25, 0.3) is 11.4 Å². The van der Waals surface area contributed by atoms with Crippen LogP contribution >= 0.6 is 0 Å². The van der Waals surface area contributed by atoms with Gasteiger partial charge >= 0.3 is 24.8 Å². The summed E-state index contributed by atoms with van der Waals surface area (Å²) in [7, 11) is 0. The van der Waals surface area contributed by atoms with Crippen molar-refractivity contribution in [2.45, 2.75) is 26.8 Å². The average molecular weight is 381 g/mol. The molecule has 0 amide bonds. The monoisotopic (exact) mass is 381 g/mol. The normalized spacial score (nSPS) is 10.6. The first-order valence-electron chi connectivity index (χ1n) is 8.14. The molecule has 0 spiro atoms. The van der Waals surface area contributed by atoms with Crippen LogP contribution in [-0.2, 0) is 0 Å². The summed E-state index contributed by atoms with van der Waals surface area (Å²) in [4.78, 5) is 23.1. The van der Waals surface area contributed by atoms with Crippen molar-refractivity contribution >= 4 is 36.5 Å². The number of benzene rings is 1. The van der Waals surface area contributed by atoms with Crippen LogP contribution in [0.4, 0.5) is 20.4 Å². The summed E-state index contributed by atoms with van der Waals surface area (Å²) in [5, 5.41) is 11.6. The average Bonchev–Trinajstić information content (AvgIpc) is 2.98. The molecule has 0 radical (unpaired) electrons. The van der Waals surface area contributed by atoms with E-state index in [0.717, 1.165) is 24.2 Å². The second-order valence-electron chi connectivity index (χ2n) is 6.17. The van der Waals surface area contributed by atoms with Crippen molar-refractivity contribution in [3.8, 4) is 11.4 Å². The number of aromatic carboxylic acids is 1. The molecule has 2 heterocycles. The van der Waals surface area contributed by atoms with Crippen LogP contribution in [0, 0.1) is 18.6 Å². The van der Waals surface area contributed by atoms with Gasteiger partial charge in [-0.2, -0.15) is 0 Å². The number of rotatable bonds is 5. The first-order valence-corrected chi connectivity index (χ1v) is 8.14. The first-order chi connectivity index (χ1) is 12.8. The molecule has 10 heteroatoms. The maximum absolute atomic E-state index is 14.3. The fourth-order valence-corrected chi connectivity index (χ4v) is 2.78. The van der Waals surface area contributed by atoms with Gasteiger partial charge in [-0.1, -0.05) is 0 Å². The minimum absolute atomic E-state index is 0. The van der Waals surface area contributed by atoms with Crippen molar-refractivity contribution in [1.82, 2.24) is 19.5 Å². The zero-order valence-corrected chi connectivity index (χ0v) is 14.9. The molecule has 0 saturated heterocycles.